The number of allylic oxidation sites excluding steroid dienone is 2. The Morgan fingerprint density at radius 1 is 0.759 bits per heavy atom. The van der Waals surface area contributed by atoms with E-state index in [2.05, 4.69) is 4.90 Å². The number of rotatable bonds is 4. The third-order valence-electron chi connectivity index (χ3n) is 11.6. The molecule has 0 aromatic heterocycles. The van der Waals surface area contributed by atoms with Crippen LogP contribution in [-0.2, 0) is 23.9 Å². The van der Waals surface area contributed by atoms with Crippen molar-refractivity contribution in [3.05, 3.63) is 93.8 Å². The topological polar surface area (TPSA) is 107 Å². The number of nitrogens with zero attached hydrogens (tertiary/aromatic N) is 3. The number of halogens is 7. The molecule has 282 valence electrons. The Morgan fingerprint density at radius 2 is 1.31 bits per heavy atom. The van der Waals surface area contributed by atoms with Crippen molar-refractivity contribution < 1.29 is 51.0 Å². The average Bonchev–Trinajstić information content (AvgIpc) is 3.50. The fraction of sp³-hybridized carbons (Fsp3) is 0.368. The van der Waals surface area contributed by atoms with Crippen LogP contribution in [0.5, 0.6) is 5.75 Å². The van der Waals surface area contributed by atoms with Crippen LogP contribution in [0.4, 0.5) is 39.0 Å². The Morgan fingerprint density at radius 3 is 1.91 bits per heavy atom. The number of aryl methyl sites for hydroxylation is 2. The number of carbonyl (C=O) groups is 4. The molecule has 0 radical (unpaired) electrons. The number of morpholine rings is 1. The first-order valence-corrected chi connectivity index (χ1v) is 17.9. The third kappa shape index (κ3) is 4.78. The van der Waals surface area contributed by atoms with E-state index < -0.39 is 98.2 Å². The Balaban J connectivity index is 1.26. The number of imide groups is 2. The van der Waals surface area contributed by atoms with Crippen molar-refractivity contribution in [3.8, 4) is 5.75 Å². The van der Waals surface area contributed by atoms with E-state index in [-0.39, 0.29) is 22.6 Å². The van der Waals surface area contributed by atoms with Crippen LogP contribution in [0.15, 0.2) is 48.0 Å². The van der Waals surface area contributed by atoms with Gasteiger partial charge in [0.25, 0.3) is 11.8 Å². The van der Waals surface area contributed by atoms with Crippen molar-refractivity contribution in [1.82, 2.24) is 0 Å². The molecular formula is C38H30Cl2F5N3O6. The van der Waals surface area contributed by atoms with E-state index >= 15 is 8.78 Å². The van der Waals surface area contributed by atoms with Gasteiger partial charge >= 0.3 is 0 Å². The molecule has 1 saturated carbocycles. The lowest BCUT2D eigenvalue weighted by atomic mass is 9.56. The van der Waals surface area contributed by atoms with Gasteiger partial charge in [-0.05, 0) is 73.6 Å². The van der Waals surface area contributed by atoms with Gasteiger partial charge in [-0.2, -0.15) is 0 Å². The van der Waals surface area contributed by atoms with E-state index in [4.69, 9.17) is 27.9 Å². The van der Waals surface area contributed by atoms with Crippen molar-refractivity contribution >= 4 is 63.9 Å². The highest BCUT2D eigenvalue weighted by atomic mass is 35.5. The van der Waals surface area contributed by atoms with Gasteiger partial charge in [-0.15, -0.1) is 23.2 Å². The van der Waals surface area contributed by atoms with Crippen LogP contribution in [-0.4, -0.2) is 64.8 Å². The number of aromatic hydroxyl groups is 1. The number of fused-ring (bicyclic) bond motifs is 4. The van der Waals surface area contributed by atoms with Gasteiger partial charge in [0.2, 0.25) is 17.6 Å². The highest BCUT2D eigenvalue weighted by molar-refractivity contribution is 6.58. The summed E-state index contributed by atoms with van der Waals surface area (Å²) in [6.07, 6.45) is 1.02. The van der Waals surface area contributed by atoms with Crippen molar-refractivity contribution in [2.24, 2.45) is 17.8 Å². The summed E-state index contributed by atoms with van der Waals surface area (Å²) in [7, 11) is 0. The summed E-state index contributed by atoms with van der Waals surface area (Å²) in [5.41, 5.74) is 0.474. The molecule has 6 atom stereocenters. The van der Waals surface area contributed by atoms with Crippen molar-refractivity contribution in [3.63, 3.8) is 0 Å². The molecule has 0 unspecified atom stereocenters. The zero-order valence-electron chi connectivity index (χ0n) is 28.6. The summed E-state index contributed by atoms with van der Waals surface area (Å²) in [5.74, 6) is -21.2. The minimum Gasteiger partial charge on any atom is -0.507 e. The van der Waals surface area contributed by atoms with Crippen LogP contribution in [0.25, 0.3) is 0 Å². The lowest BCUT2D eigenvalue weighted by Crippen LogP contribution is -2.60. The largest absolute Gasteiger partial charge is 0.507 e. The van der Waals surface area contributed by atoms with Crippen LogP contribution in [0.2, 0.25) is 0 Å². The number of amides is 4. The van der Waals surface area contributed by atoms with Gasteiger partial charge in [-0.25, -0.2) is 26.9 Å². The first-order chi connectivity index (χ1) is 25.5. The van der Waals surface area contributed by atoms with Crippen LogP contribution < -0.4 is 14.7 Å². The summed E-state index contributed by atoms with van der Waals surface area (Å²) in [4.78, 5) is 55.0. The standard InChI is InChI=1S/C38H30Cl2F5N3O6/c1-16-13-18(14-17(2)32(16)49)25-21-7-8-22-24(34(51)47(33(22)50)20-5-3-19(4-6-20)46-9-11-54-12-10-46)23(21)15-37(39)35(52)48(36(53)38(25,37)40)31-29(44)27(42)26(41)28(43)30(31)45/h3-7,13-14,22-25,49H,8-12,15H2,1-2H3/t22-,23+,24-,25-,37+,38-/m0/s1. The predicted octanol–water partition coefficient (Wildman–Crippen LogP) is 6.31. The second-order valence-electron chi connectivity index (χ2n) is 14.3. The molecule has 3 heterocycles. The molecule has 9 nitrogen and oxygen atoms in total. The summed E-state index contributed by atoms with van der Waals surface area (Å²) in [5, 5.41) is 10.6. The first-order valence-electron chi connectivity index (χ1n) is 17.1. The molecular weight excluding hydrogens is 760 g/mol. The first kappa shape index (κ1) is 36.4. The van der Waals surface area contributed by atoms with Crippen molar-refractivity contribution in [1.29, 1.82) is 0 Å². The number of carbonyl (C=O) groups excluding carboxylic acids is 4. The quantitative estimate of drug-likeness (QED) is 0.0825. The fourth-order valence-electron chi connectivity index (χ4n) is 8.99. The minimum atomic E-state index is -2.66. The molecule has 3 aromatic carbocycles. The number of anilines is 3. The third-order valence-corrected chi connectivity index (χ3v) is 13.0. The zero-order chi connectivity index (χ0) is 38.8. The van der Waals surface area contributed by atoms with Crippen molar-refractivity contribution in [2.75, 3.05) is 41.0 Å². The molecule has 0 spiro atoms. The Bertz CT molecular complexity index is 2180. The number of alkyl halides is 2. The van der Waals surface area contributed by atoms with E-state index in [1.165, 1.54) is 12.1 Å². The summed E-state index contributed by atoms with van der Waals surface area (Å²) >= 11 is 14.4. The lowest BCUT2D eigenvalue weighted by Gasteiger charge is -2.50. The van der Waals surface area contributed by atoms with Crippen LogP contribution in [0.1, 0.15) is 35.4 Å². The monoisotopic (exact) mass is 789 g/mol. The molecule has 16 heteroatoms. The molecule has 4 fully saturated rings. The van der Waals surface area contributed by atoms with Crippen LogP contribution in [0.3, 0.4) is 0 Å². The zero-order valence-corrected chi connectivity index (χ0v) is 30.1. The van der Waals surface area contributed by atoms with Gasteiger partial charge in [-0.1, -0.05) is 23.8 Å². The number of benzene rings is 3. The average molecular weight is 791 g/mol. The molecule has 3 saturated heterocycles. The molecule has 2 aliphatic carbocycles. The van der Waals surface area contributed by atoms with Gasteiger partial charge in [0, 0.05) is 24.7 Å². The maximum atomic E-state index is 15.3. The van der Waals surface area contributed by atoms with E-state index in [0.717, 1.165) is 10.6 Å². The molecule has 5 aliphatic rings. The maximum absolute atomic E-state index is 15.3. The molecule has 54 heavy (non-hydrogen) atoms. The second-order valence-corrected chi connectivity index (χ2v) is 15.6. The van der Waals surface area contributed by atoms with Crippen LogP contribution >= 0.6 is 23.2 Å². The molecule has 1 N–H and O–H groups in total. The normalized spacial score (nSPS) is 29.4. The number of phenolic OH excluding ortho intramolecular Hbond substituents is 1. The van der Waals surface area contributed by atoms with Gasteiger partial charge in [-0.3, -0.25) is 24.1 Å². The fourth-order valence-corrected chi connectivity index (χ4v) is 9.92. The van der Waals surface area contributed by atoms with Gasteiger partial charge in [0.05, 0.1) is 30.7 Å². The molecule has 3 aromatic rings. The van der Waals surface area contributed by atoms with E-state index in [9.17, 15) is 37.5 Å². The van der Waals surface area contributed by atoms with E-state index in [1.807, 2.05) is 0 Å². The lowest BCUT2D eigenvalue weighted by molar-refractivity contribution is -0.125. The molecule has 3 aliphatic heterocycles. The summed E-state index contributed by atoms with van der Waals surface area (Å²) < 4.78 is 79.2. The van der Waals surface area contributed by atoms with Crippen LogP contribution in [0, 0.1) is 60.7 Å². The number of phenols is 1. The summed E-state index contributed by atoms with van der Waals surface area (Å²) in [6, 6.07) is 9.79. The van der Waals surface area contributed by atoms with E-state index in [0.29, 0.717) is 48.7 Å². The Kier molecular flexibility index (Phi) is 8.44. The Labute approximate surface area is 314 Å². The highest BCUT2D eigenvalue weighted by Gasteiger charge is 2.77. The smallest absolute Gasteiger partial charge is 0.258 e. The van der Waals surface area contributed by atoms with Gasteiger partial charge in [0.1, 0.15) is 11.4 Å². The number of hydrogen-bond donors (Lipinski definition) is 1. The maximum Gasteiger partial charge on any atom is 0.258 e. The summed E-state index contributed by atoms with van der Waals surface area (Å²) in [6.45, 7) is 5.52. The van der Waals surface area contributed by atoms with Crippen molar-refractivity contribution in [2.45, 2.75) is 42.4 Å². The number of ether oxygens (including phenoxy) is 1. The molecule has 0 bridgehead atoms. The SMILES string of the molecule is Cc1cc([C@H]2C3=CC[C@@H]4C(=O)N(c5ccc(N6CCOCC6)cc5)C(=O)[C@@H]4[C@@H]3C[C@@]3(Cl)C(=O)N(c4c(F)c(F)c(F)c(F)c4F)C(=O)[C@@]23Cl)cc(C)c1O. The highest BCUT2D eigenvalue weighted by Crippen LogP contribution is 2.66. The number of hydrogen-bond acceptors (Lipinski definition) is 7. The van der Waals surface area contributed by atoms with E-state index in [1.54, 1.807) is 44.2 Å². The predicted molar refractivity (Wildman–Crippen MR) is 186 cm³/mol. The molecule has 4 amide bonds. The van der Waals surface area contributed by atoms with Gasteiger partial charge < -0.3 is 14.7 Å². The second kappa shape index (κ2) is 12.5. The Hall–Kier alpha value is -4.53. The minimum absolute atomic E-state index is 0.00172. The molecule has 8 rings (SSSR count). The van der Waals surface area contributed by atoms with Gasteiger partial charge in [0.15, 0.2) is 33.0 Å².